The van der Waals surface area contributed by atoms with Gasteiger partial charge in [0.25, 0.3) is 5.91 Å². The quantitative estimate of drug-likeness (QED) is 0.653. The van der Waals surface area contributed by atoms with Crippen LogP contribution in [0.15, 0.2) is 85.2 Å². The van der Waals surface area contributed by atoms with Crippen LogP contribution in [0.3, 0.4) is 0 Å². The fraction of sp³-hybridized carbons (Fsp3) is 0.100. The van der Waals surface area contributed by atoms with E-state index in [9.17, 15) is 4.79 Å². The molecule has 0 N–H and O–H groups in total. The molecule has 120 valence electrons. The molecule has 1 amide bonds. The molecule has 1 heterocycles. The Kier molecular flexibility index (Phi) is 4.96. The lowest BCUT2D eigenvalue weighted by molar-refractivity contribution is 0.0426. The SMILES string of the molecule is O=C(c1ccncc1)N(Cc1ccccc1)C(F)c1ccccc1. The molecule has 3 aromatic rings. The Morgan fingerprint density at radius 2 is 1.50 bits per heavy atom. The Labute approximate surface area is 140 Å². The van der Waals surface area contributed by atoms with E-state index in [2.05, 4.69) is 4.98 Å². The molecular formula is C20H17FN2O. The third-order valence-electron chi connectivity index (χ3n) is 3.73. The summed E-state index contributed by atoms with van der Waals surface area (Å²) in [6.45, 7) is 0.193. The van der Waals surface area contributed by atoms with Crippen LogP contribution in [0.5, 0.6) is 0 Å². The third kappa shape index (κ3) is 3.66. The lowest BCUT2D eigenvalue weighted by Gasteiger charge is -2.27. The van der Waals surface area contributed by atoms with Crippen molar-refractivity contribution in [2.45, 2.75) is 12.8 Å². The smallest absolute Gasteiger partial charge is 0.256 e. The fourth-order valence-electron chi connectivity index (χ4n) is 2.49. The van der Waals surface area contributed by atoms with Crippen molar-refractivity contribution in [3.63, 3.8) is 0 Å². The summed E-state index contributed by atoms with van der Waals surface area (Å²) < 4.78 is 15.1. The summed E-state index contributed by atoms with van der Waals surface area (Å²) in [5.74, 6) is -0.363. The van der Waals surface area contributed by atoms with E-state index in [1.807, 2.05) is 36.4 Å². The second kappa shape index (κ2) is 7.51. The zero-order valence-electron chi connectivity index (χ0n) is 13.0. The van der Waals surface area contributed by atoms with Gasteiger partial charge in [-0.25, -0.2) is 4.39 Å². The molecule has 1 aromatic heterocycles. The van der Waals surface area contributed by atoms with Crippen LogP contribution in [-0.2, 0) is 6.54 Å². The van der Waals surface area contributed by atoms with Crippen LogP contribution in [0.25, 0.3) is 0 Å². The minimum Gasteiger partial charge on any atom is -0.300 e. The fourth-order valence-corrected chi connectivity index (χ4v) is 2.49. The number of carbonyl (C=O) groups excluding carboxylic acids is 1. The van der Waals surface area contributed by atoms with Crippen molar-refractivity contribution in [2.75, 3.05) is 0 Å². The van der Waals surface area contributed by atoms with E-state index in [1.54, 1.807) is 36.4 Å². The van der Waals surface area contributed by atoms with Crippen LogP contribution in [0, 0.1) is 0 Å². The van der Waals surface area contributed by atoms with Gasteiger partial charge in [-0.15, -0.1) is 0 Å². The van der Waals surface area contributed by atoms with E-state index in [1.165, 1.54) is 17.3 Å². The number of alkyl halides is 1. The van der Waals surface area contributed by atoms with Crippen LogP contribution < -0.4 is 0 Å². The maximum atomic E-state index is 15.1. The van der Waals surface area contributed by atoms with Crippen molar-refractivity contribution in [1.82, 2.24) is 9.88 Å². The first kappa shape index (κ1) is 15.9. The molecule has 4 heteroatoms. The van der Waals surface area contributed by atoms with Gasteiger partial charge in [-0.3, -0.25) is 9.78 Å². The second-order valence-corrected chi connectivity index (χ2v) is 5.40. The monoisotopic (exact) mass is 320 g/mol. The molecule has 0 aliphatic carbocycles. The van der Waals surface area contributed by atoms with E-state index in [0.717, 1.165) is 5.56 Å². The molecule has 0 spiro atoms. The first-order valence-electron chi connectivity index (χ1n) is 7.69. The minimum absolute atomic E-state index is 0.193. The zero-order chi connectivity index (χ0) is 16.8. The van der Waals surface area contributed by atoms with Gasteiger partial charge in [0.1, 0.15) is 0 Å². The van der Waals surface area contributed by atoms with Gasteiger partial charge in [0.2, 0.25) is 6.30 Å². The average molecular weight is 320 g/mol. The Balaban J connectivity index is 1.93. The van der Waals surface area contributed by atoms with Gasteiger partial charge in [0, 0.05) is 30.1 Å². The largest absolute Gasteiger partial charge is 0.300 e. The van der Waals surface area contributed by atoms with Crippen molar-refractivity contribution >= 4 is 5.91 Å². The van der Waals surface area contributed by atoms with Gasteiger partial charge in [0.15, 0.2) is 0 Å². The molecule has 0 aliphatic rings. The number of pyridine rings is 1. The maximum Gasteiger partial charge on any atom is 0.256 e. The summed E-state index contributed by atoms with van der Waals surface area (Å²) in [4.78, 5) is 18.0. The summed E-state index contributed by atoms with van der Waals surface area (Å²) in [6, 6.07) is 21.3. The van der Waals surface area contributed by atoms with Crippen molar-refractivity contribution < 1.29 is 9.18 Å². The molecule has 0 saturated carbocycles. The highest BCUT2D eigenvalue weighted by Crippen LogP contribution is 2.26. The average Bonchev–Trinajstić information content (AvgIpc) is 2.67. The summed E-state index contributed by atoms with van der Waals surface area (Å²) in [5, 5.41) is 0. The van der Waals surface area contributed by atoms with Crippen LogP contribution in [0.4, 0.5) is 4.39 Å². The lowest BCUT2D eigenvalue weighted by Crippen LogP contribution is -2.32. The molecule has 24 heavy (non-hydrogen) atoms. The zero-order valence-corrected chi connectivity index (χ0v) is 13.0. The normalized spacial score (nSPS) is 11.7. The van der Waals surface area contributed by atoms with Gasteiger partial charge < -0.3 is 4.90 Å². The summed E-state index contributed by atoms with van der Waals surface area (Å²) in [5.41, 5.74) is 1.74. The topological polar surface area (TPSA) is 33.2 Å². The Bertz CT molecular complexity index is 779. The summed E-state index contributed by atoms with van der Waals surface area (Å²) >= 11 is 0. The molecule has 0 radical (unpaired) electrons. The minimum atomic E-state index is -1.52. The predicted molar refractivity (Wildman–Crippen MR) is 90.8 cm³/mol. The maximum absolute atomic E-state index is 15.1. The molecule has 0 fully saturated rings. The van der Waals surface area contributed by atoms with Crippen LogP contribution in [0.1, 0.15) is 27.8 Å². The van der Waals surface area contributed by atoms with Gasteiger partial charge in [-0.2, -0.15) is 0 Å². The van der Waals surface area contributed by atoms with Gasteiger partial charge in [-0.1, -0.05) is 60.7 Å². The molecule has 3 rings (SSSR count). The van der Waals surface area contributed by atoms with Crippen LogP contribution in [0.2, 0.25) is 0 Å². The first-order valence-corrected chi connectivity index (χ1v) is 7.69. The Morgan fingerprint density at radius 1 is 0.917 bits per heavy atom. The molecule has 0 saturated heterocycles. The number of hydrogen-bond donors (Lipinski definition) is 0. The second-order valence-electron chi connectivity index (χ2n) is 5.40. The highest BCUT2D eigenvalue weighted by atomic mass is 19.1. The lowest BCUT2D eigenvalue weighted by atomic mass is 10.1. The number of rotatable bonds is 5. The van der Waals surface area contributed by atoms with E-state index in [4.69, 9.17) is 0 Å². The number of carbonyl (C=O) groups is 1. The molecule has 0 aliphatic heterocycles. The molecule has 1 atom stereocenters. The van der Waals surface area contributed by atoms with E-state index >= 15 is 4.39 Å². The molecule has 1 unspecified atom stereocenters. The molecular weight excluding hydrogens is 303 g/mol. The number of hydrogen-bond acceptors (Lipinski definition) is 2. The number of nitrogens with zero attached hydrogens (tertiary/aromatic N) is 2. The molecule has 2 aromatic carbocycles. The standard InChI is InChI=1S/C20H17FN2O/c21-19(17-9-5-2-6-10-17)23(15-16-7-3-1-4-8-16)20(24)18-11-13-22-14-12-18/h1-14,19H,15H2. The summed E-state index contributed by atoms with van der Waals surface area (Å²) in [6.07, 6.45) is 1.54. The predicted octanol–water partition coefficient (Wildman–Crippen LogP) is 4.39. The number of amides is 1. The number of aromatic nitrogens is 1. The highest BCUT2D eigenvalue weighted by molar-refractivity contribution is 5.94. The van der Waals surface area contributed by atoms with Gasteiger partial charge in [-0.05, 0) is 17.7 Å². The highest BCUT2D eigenvalue weighted by Gasteiger charge is 2.26. The molecule has 3 nitrogen and oxygen atoms in total. The van der Waals surface area contributed by atoms with Gasteiger partial charge >= 0.3 is 0 Å². The first-order chi connectivity index (χ1) is 11.8. The van der Waals surface area contributed by atoms with E-state index < -0.39 is 6.30 Å². The molecule has 0 bridgehead atoms. The Hall–Kier alpha value is -3.01. The van der Waals surface area contributed by atoms with Gasteiger partial charge in [0.05, 0.1) is 0 Å². The van der Waals surface area contributed by atoms with Crippen LogP contribution in [-0.4, -0.2) is 15.8 Å². The third-order valence-corrected chi connectivity index (χ3v) is 3.73. The summed E-state index contributed by atoms with van der Waals surface area (Å²) in [7, 11) is 0. The van der Waals surface area contributed by atoms with Crippen molar-refractivity contribution in [3.05, 3.63) is 102 Å². The van der Waals surface area contributed by atoms with E-state index in [0.29, 0.717) is 11.1 Å². The Morgan fingerprint density at radius 3 is 2.12 bits per heavy atom. The van der Waals surface area contributed by atoms with Crippen LogP contribution >= 0.6 is 0 Å². The van der Waals surface area contributed by atoms with Crippen molar-refractivity contribution in [2.24, 2.45) is 0 Å². The number of benzene rings is 2. The number of halogens is 1. The van der Waals surface area contributed by atoms with Crippen molar-refractivity contribution in [1.29, 1.82) is 0 Å². The van der Waals surface area contributed by atoms with E-state index in [-0.39, 0.29) is 12.5 Å². The van der Waals surface area contributed by atoms with Crippen molar-refractivity contribution in [3.8, 4) is 0 Å².